The maximum absolute atomic E-state index is 12.1. The number of hydrogen-bond donors (Lipinski definition) is 1. The van der Waals surface area contributed by atoms with Crippen LogP contribution in [0.2, 0.25) is 0 Å². The topological polar surface area (TPSA) is 51.2 Å². The first-order valence-electron chi connectivity index (χ1n) is 7.24. The van der Waals surface area contributed by atoms with Crippen LogP contribution in [-0.2, 0) is 11.0 Å². The maximum Gasteiger partial charge on any atom is 0.392 e. The van der Waals surface area contributed by atoms with Gasteiger partial charge in [0.2, 0.25) is 0 Å². The molecule has 132 valence electrons. The van der Waals surface area contributed by atoms with Crippen LogP contribution < -0.4 is 9.46 Å². The Bertz CT molecular complexity index is 557. The molecule has 1 unspecified atom stereocenters. The number of nitrogens with one attached hydrogen (secondary N) is 1. The fraction of sp³-hybridized carbons (Fsp3) is 0.667. The number of rotatable bonds is 6. The smallest absolute Gasteiger partial charge is 0.392 e. The molecule has 0 amide bonds. The summed E-state index contributed by atoms with van der Waals surface area (Å²) in [7, 11) is -1.24. The molecule has 0 aliphatic carbocycles. The van der Waals surface area contributed by atoms with Crippen molar-refractivity contribution < 1.29 is 22.1 Å². The van der Waals surface area contributed by atoms with Gasteiger partial charge in [-0.05, 0) is 46.2 Å². The van der Waals surface area contributed by atoms with Crippen molar-refractivity contribution in [2.75, 3.05) is 6.61 Å². The number of halogens is 3. The summed E-state index contributed by atoms with van der Waals surface area (Å²) >= 11 is 0. The van der Waals surface area contributed by atoms with Gasteiger partial charge in [0.1, 0.15) is 5.75 Å². The summed E-state index contributed by atoms with van der Waals surface area (Å²) in [6, 6.07) is 1.47. The highest BCUT2D eigenvalue weighted by atomic mass is 32.2. The Labute approximate surface area is 137 Å². The summed E-state index contributed by atoms with van der Waals surface area (Å²) in [4.78, 5) is 4.19. The van der Waals surface area contributed by atoms with Gasteiger partial charge in [0.05, 0.1) is 46.7 Å². The number of ether oxygens (including phenoxy) is 1. The molecule has 0 spiro atoms. The number of nitrogens with zero attached hydrogens (tertiary/aromatic N) is 1. The molecular weight excluding hydrogens is 329 g/mol. The molecule has 1 aromatic rings. The molecule has 0 fully saturated rings. The summed E-state index contributed by atoms with van der Waals surface area (Å²) in [5, 5.41) is 0. The van der Waals surface area contributed by atoms with Gasteiger partial charge in [-0.3, -0.25) is 4.98 Å². The Kier molecular flexibility index (Phi) is 6.59. The van der Waals surface area contributed by atoms with Gasteiger partial charge in [-0.15, -0.1) is 0 Å². The second-order valence-corrected chi connectivity index (χ2v) is 8.31. The van der Waals surface area contributed by atoms with Crippen LogP contribution in [0, 0.1) is 6.92 Å². The standard InChI is InChI=1S/C15H23F3N2O2S/c1-10-8-12(11(2)20-23(21)14(3,4)5)19-9-13(10)22-7-6-15(16,17)18/h8-9,11,20H,6-7H2,1-5H3/t11-,23?/m0/s1. The first kappa shape index (κ1) is 19.9. The van der Waals surface area contributed by atoms with E-state index in [9.17, 15) is 17.4 Å². The van der Waals surface area contributed by atoms with Crippen molar-refractivity contribution in [1.29, 1.82) is 0 Å². The molecule has 2 atom stereocenters. The van der Waals surface area contributed by atoms with E-state index in [1.807, 2.05) is 27.7 Å². The van der Waals surface area contributed by atoms with Crippen molar-refractivity contribution in [3.05, 3.63) is 23.5 Å². The van der Waals surface area contributed by atoms with Gasteiger partial charge in [-0.25, -0.2) is 8.93 Å². The molecule has 0 saturated heterocycles. The third kappa shape index (κ3) is 6.87. The minimum atomic E-state index is -4.24. The molecule has 0 aliphatic rings. The molecule has 1 N–H and O–H groups in total. The van der Waals surface area contributed by atoms with E-state index in [-0.39, 0.29) is 6.04 Å². The molecule has 8 heteroatoms. The average Bonchev–Trinajstić information content (AvgIpc) is 2.37. The van der Waals surface area contributed by atoms with Gasteiger partial charge in [0.25, 0.3) is 0 Å². The first-order chi connectivity index (χ1) is 10.4. The largest absolute Gasteiger partial charge is 0.491 e. The molecule has 0 radical (unpaired) electrons. The zero-order chi connectivity index (χ0) is 17.8. The normalized spacial score (nSPS) is 15.3. The minimum absolute atomic E-state index is 0.252. The predicted molar refractivity (Wildman–Crippen MR) is 84.6 cm³/mol. The monoisotopic (exact) mass is 352 g/mol. The molecule has 1 aromatic heterocycles. The van der Waals surface area contributed by atoms with Gasteiger partial charge < -0.3 is 4.74 Å². The molecule has 1 rings (SSSR count). The zero-order valence-electron chi connectivity index (χ0n) is 14.0. The summed E-state index contributed by atoms with van der Waals surface area (Å²) in [5.74, 6) is 0.321. The van der Waals surface area contributed by atoms with Crippen molar-refractivity contribution in [2.45, 2.75) is 58.0 Å². The van der Waals surface area contributed by atoms with Crippen molar-refractivity contribution in [1.82, 2.24) is 9.71 Å². The molecule has 0 bridgehead atoms. The van der Waals surface area contributed by atoms with Crippen LogP contribution in [0.25, 0.3) is 0 Å². The lowest BCUT2D eigenvalue weighted by atomic mass is 10.1. The summed E-state index contributed by atoms with van der Waals surface area (Å²) in [6.45, 7) is 8.71. The molecule has 23 heavy (non-hydrogen) atoms. The lowest BCUT2D eigenvalue weighted by molar-refractivity contribution is -0.139. The van der Waals surface area contributed by atoms with E-state index in [4.69, 9.17) is 4.74 Å². The highest BCUT2D eigenvalue weighted by Gasteiger charge is 2.27. The zero-order valence-corrected chi connectivity index (χ0v) is 14.8. The van der Waals surface area contributed by atoms with Crippen LogP contribution in [0.5, 0.6) is 5.75 Å². The minimum Gasteiger partial charge on any atom is -0.491 e. The Hall–Kier alpha value is -1.15. The van der Waals surface area contributed by atoms with Crippen LogP contribution in [0.4, 0.5) is 13.2 Å². The lowest BCUT2D eigenvalue weighted by Gasteiger charge is -2.22. The third-order valence-electron chi connectivity index (χ3n) is 3.01. The quantitative estimate of drug-likeness (QED) is 0.846. The fourth-order valence-electron chi connectivity index (χ4n) is 1.63. The van der Waals surface area contributed by atoms with Gasteiger partial charge in [-0.1, -0.05) is 0 Å². The second-order valence-electron chi connectivity index (χ2n) is 6.31. The second kappa shape index (κ2) is 7.61. The molecular formula is C15H23F3N2O2S. The van der Waals surface area contributed by atoms with Gasteiger partial charge in [0.15, 0.2) is 0 Å². The fourth-order valence-corrected chi connectivity index (χ4v) is 2.42. The van der Waals surface area contributed by atoms with Crippen LogP contribution in [0.15, 0.2) is 12.3 Å². The molecule has 0 aliphatic heterocycles. The van der Waals surface area contributed by atoms with E-state index in [1.165, 1.54) is 6.20 Å². The number of alkyl halides is 3. The molecule has 1 heterocycles. The first-order valence-corrected chi connectivity index (χ1v) is 8.39. The third-order valence-corrected chi connectivity index (χ3v) is 4.69. The Morgan fingerprint density at radius 3 is 2.43 bits per heavy atom. The average molecular weight is 352 g/mol. The molecule has 4 nitrogen and oxygen atoms in total. The Morgan fingerprint density at radius 2 is 1.96 bits per heavy atom. The number of aryl methyl sites for hydroxylation is 1. The van der Waals surface area contributed by atoms with Gasteiger partial charge in [-0.2, -0.15) is 13.2 Å². The van der Waals surface area contributed by atoms with E-state index >= 15 is 0 Å². The number of pyridine rings is 1. The van der Waals surface area contributed by atoms with Gasteiger partial charge in [0, 0.05) is 0 Å². The molecule has 0 saturated carbocycles. The van der Waals surface area contributed by atoms with Crippen molar-refractivity contribution in [3.8, 4) is 5.75 Å². The number of hydrogen-bond acceptors (Lipinski definition) is 3. The van der Waals surface area contributed by atoms with Crippen molar-refractivity contribution in [3.63, 3.8) is 0 Å². The van der Waals surface area contributed by atoms with Crippen molar-refractivity contribution >= 4 is 11.0 Å². The van der Waals surface area contributed by atoms with E-state index in [0.717, 1.165) is 0 Å². The molecule has 0 aromatic carbocycles. The van der Waals surface area contributed by atoms with E-state index < -0.39 is 34.9 Å². The summed E-state index contributed by atoms with van der Waals surface area (Å²) in [5.41, 5.74) is 1.34. The van der Waals surface area contributed by atoms with E-state index in [2.05, 4.69) is 9.71 Å². The Balaban J connectivity index is 2.70. The van der Waals surface area contributed by atoms with E-state index in [0.29, 0.717) is 17.0 Å². The van der Waals surface area contributed by atoms with Crippen molar-refractivity contribution in [2.24, 2.45) is 0 Å². The lowest BCUT2D eigenvalue weighted by Crippen LogP contribution is -2.35. The van der Waals surface area contributed by atoms with Crippen LogP contribution in [0.1, 0.15) is 51.4 Å². The highest BCUT2D eigenvalue weighted by molar-refractivity contribution is 7.84. The van der Waals surface area contributed by atoms with Crippen LogP contribution >= 0.6 is 0 Å². The summed E-state index contributed by atoms with van der Waals surface area (Å²) in [6.07, 6.45) is -3.84. The SMILES string of the molecule is Cc1cc([C@H](C)NS(=O)C(C)(C)C)ncc1OCCC(F)(F)F. The maximum atomic E-state index is 12.1. The van der Waals surface area contributed by atoms with Gasteiger partial charge >= 0.3 is 6.18 Å². The van der Waals surface area contributed by atoms with Crippen LogP contribution in [0.3, 0.4) is 0 Å². The predicted octanol–water partition coefficient (Wildman–Crippen LogP) is 3.83. The Morgan fingerprint density at radius 1 is 1.35 bits per heavy atom. The number of aromatic nitrogens is 1. The summed E-state index contributed by atoms with van der Waals surface area (Å²) < 4.78 is 56.1. The van der Waals surface area contributed by atoms with Crippen LogP contribution in [-0.4, -0.2) is 26.7 Å². The van der Waals surface area contributed by atoms with E-state index in [1.54, 1.807) is 13.0 Å². The highest BCUT2D eigenvalue weighted by Crippen LogP contribution is 2.24.